The first-order chi connectivity index (χ1) is 12.7. The summed E-state index contributed by atoms with van der Waals surface area (Å²) in [6.07, 6.45) is 12.3. The lowest BCUT2D eigenvalue weighted by Crippen LogP contribution is -2.26. The van der Waals surface area contributed by atoms with Gasteiger partial charge in [0.15, 0.2) is 24.8 Å². The van der Waals surface area contributed by atoms with E-state index < -0.39 is 0 Å². The SMILES string of the molecule is C[n+]1ccc(C=c2ccc(=C(c3cc[n+](C)cc3)c3ccc[nH]3)[nH]2)cc1. The second kappa shape index (κ2) is 6.84. The first kappa shape index (κ1) is 16.1. The van der Waals surface area contributed by atoms with Crippen molar-refractivity contribution in [1.29, 1.82) is 0 Å². The van der Waals surface area contributed by atoms with Crippen molar-refractivity contribution in [3.05, 3.63) is 107 Å². The molecular weight excluding hydrogens is 320 g/mol. The van der Waals surface area contributed by atoms with Gasteiger partial charge in [0.1, 0.15) is 14.1 Å². The Balaban J connectivity index is 1.87. The van der Waals surface area contributed by atoms with E-state index in [1.807, 2.05) is 35.5 Å². The molecular formula is C22H22N4+2. The molecule has 0 aliphatic carbocycles. The molecule has 4 aromatic rings. The van der Waals surface area contributed by atoms with Crippen molar-refractivity contribution in [3.8, 4) is 0 Å². The maximum absolute atomic E-state index is 3.55. The topological polar surface area (TPSA) is 39.3 Å². The van der Waals surface area contributed by atoms with E-state index in [0.717, 1.165) is 22.0 Å². The quantitative estimate of drug-likeness (QED) is 0.523. The van der Waals surface area contributed by atoms with Crippen LogP contribution in [0.15, 0.2) is 79.5 Å². The van der Waals surface area contributed by atoms with Gasteiger partial charge in [-0.25, -0.2) is 9.13 Å². The van der Waals surface area contributed by atoms with Crippen LogP contribution in [0, 0.1) is 0 Å². The van der Waals surface area contributed by atoms with Crippen molar-refractivity contribution in [3.63, 3.8) is 0 Å². The first-order valence-corrected chi connectivity index (χ1v) is 8.65. The number of H-pyrrole nitrogens is 2. The summed E-state index contributed by atoms with van der Waals surface area (Å²) in [5.41, 5.74) is 4.60. The molecule has 0 saturated heterocycles. The van der Waals surface area contributed by atoms with Crippen LogP contribution < -0.4 is 19.8 Å². The van der Waals surface area contributed by atoms with Crippen LogP contribution in [0.5, 0.6) is 0 Å². The fourth-order valence-electron chi connectivity index (χ4n) is 3.04. The summed E-state index contributed by atoms with van der Waals surface area (Å²) in [7, 11) is 4.05. The molecule has 0 atom stereocenters. The lowest BCUT2D eigenvalue weighted by Gasteiger charge is -2.04. The molecule has 0 aliphatic heterocycles. The fraction of sp³-hybridized carbons (Fsp3) is 0.0909. The molecule has 4 heterocycles. The highest BCUT2D eigenvalue weighted by molar-refractivity contribution is 5.76. The monoisotopic (exact) mass is 342 g/mol. The minimum Gasteiger partial charge on any atom is -0.361 e. The van der Waals surface area contributed by atoms with E-state index in [2.05, 4.69) is 83.3 Å². The standard InChI is InChI=1S/C22H21N4/c1-25-12-7-17(8-13-25)16-19-5-6-21(24-19)22(20-4-3-11-23-20)18-9-14-26(2)15-10-18/h3-16H,1-2H3,(H,23,24)/q+1/p+1. The third kappa shape index (κ3) is 3.35. The van der Waals surface area contributed by atoms with E-state index in [9.17, 15) is 0 Å². The van der Waals surface area contributed by atoms with Gasteiger partial charge in [-0.2, -0.15) is 0 Å². The van der Waals surface area contributed by atoms with E-state index in [-0.39, 0.29) is 0 Å². The minimum absolute atomic E-state index is 1.08. The van der Waals surface area contributed by atoms with Gasteiger partial charge < -0.3 is 9.97 Å². The summed E-state index contributed by atoms with van der Waals surface area (Å²) in [6.45, 7) is 0. The van der Waals surface area contributed by atoms with Gasteiger partial charge in [0.25, 0.3) is 0 Å². The van der Waals surface area contributed by atoms with Gasteiger partial charge in [-0.1, -0.05) is 0 Å². The number of rotatable bonds is 3. The highest BCUT2D eigenvalue weighted by Gasteiger charge is 2.09. The smallest absolute Gasteiger partial charge is 0.169 e. The Morgan fingerprint density at radius 2 is 1.54 bits per heavy atom. The highest BCUT2D eigenvalue weighted by Crippen LogP contribution is 2.17. The number of aromatic nitrogens is 4. The molecule has 4 aromatic heterocycles. The van der Waals surface area contributed by atoms with Crippen molar-refractivity contribution < 1.29 is 9.13 Å². The van der Waals surface area contributed by atoms with Gasteiger partial charge in [-0.15, -0.1) is 0 Å². The molecule has 2 N–H and O–H groups in total. The van der Waals surface area contributed by atoms with Gasteiger partial charge in [0.05, 0.1) is 0 Å². The summed E-state index contributed by atoms with van der Waals surface area (Å²) in [5.74, 6) is 0. The molecule has 26 heavy (non-hydrogen) atoms. The van der Waals surface area contributed by atoms with E-state index >= 15 is 0 Å². The van der Waals surface area contributed by atoms with Crippen LogP contribution in [0.2, 0.25) is 0 Å². The van der Waals surface area contributed by atoms with Crippen molar-refractivity contribution in [2.24, 2.45) is 14.1 Å². The molecule has 0 bridgehead atoms. The maximum Gasteiger partial charge on any atom is 0.169 e. The number of aromatic amines is 2. The van der Waals surface area contributed by atoms with Gasteiger partial charge in [0.2, 0.25) is 0 Å². The minimum atomic E-state index is 1.08. The number of pyridine rings is 2. The van der Waals surface area contributed by atoms with Gasteiger partial charge in [0, 0.05) is 52.4 Å². The molecule has 0 unspecified atom stereocenters. The average molecular weight is 342 g/mol. The predicted molar refractivity (Wildman–Crippen MR) is 101 cm³/mol. The highest BCUT2D eigenvalue weighted by atomic mass is 14.9. The van der Waals surface area contributed by atoms with E-state index in [1.54, 1.807) is 0 Å². The molecule has 0 aliphatic rings. The van der Waals surface area contributed by atoms with Crippen molar-refractivity contribution in [2.45, 2.75) is 0 Å². The molecule has 0 radical (unpaired) electrons. The van der Waals surface area contributed by atoms with Crippen LogP contribution >= 0.6 is 0 Å². The Hall–Kier alpha value is -3.40. The van der Waals surface area contributed by atoms with Crippen LogP contribution in [-0.2, 0) is 14.1 Å². The summed E-state index contributed by atoms with van der Waals surface area (Å²) < 4.78 is 4.07. The Morgan fingerprint density at radius 3 is 2.19 bits per heavy atom. The zero-order valence-electron chi connectivity index (χ0n) is 15.0. The van der Waals surface area contributed by atoms with Gasteiger partial charge >= 0.3 is 0 Å². The second-order valence-corrected chi connectivity index (χ2v) is 6.48. The van der Waals surface area contributed by atoms with Crippen LogP contribution in [0.1, 0.15) is 16.8 Å². The Labute approximate surface area is 152 Å². The summed E-state index contributed by atoms with van der Waals surface area (Å²) in [4.78, 5) is 6.89. The Bertz CT molecular complexity index is 1120. The Kier molecular flexibility index (Phi) is 4.23. The largest absolute Gasteiger partial charge is 0.361 e. The molecule has 0 amide bonds. The fourth-order valence-corrected chi connectivity index (χ4v) is 3.04. The maximum atomic E-state index is 3.55. The zero-order chi connectivity index (χ0) is 17.9. The summed E-state index contributed by atoms with van der Waals surface area (Å²) >= 11 is 0. The van der Waals surface area contributed by atoms with Gasteiger partial charge in [-0.05, 0) is 41.5 Å². The Morgan fingerprint density at radius 1 is 0.846 bits per heavy atom. The van der Waals surface area contributed by atoms with E-state index in [4.69, 9.17) is 0 Å². The third-order valence-corrected chi connectivity index (χ3v) is 4.44. The molecule has 0 aromatic carbocycles. The van der Waals surface area contributed by atoms with Gasteiger partial charge in [-0.3, -0.25) is 0 Å². The molecule has 0 fully saturated rings. The number of hydrogen-bond donors (Lipinski definition) is 2. The summed E-state index contributed by atoms with van der Waals surface area (Å²) in [6, 6.07) is 16.9. The number of nitrogens with zero attached hydrogens (tertiary/aromatic N) is 2. The van der Waals surface area contributed by atoms with Crippen molar-refractivity contribution >= 4 is 11.6 Å². The van der Waals surface area contributed by atoms with Crippen molar-refractivity contribution in [2.75, 3.05) is 0 Å². The second-order valence-electron chi connectivity index (χ2n) is 6.48. The van der Waals surface area contributed by atoms with E-state index in [0.29, 0.717) is 0 Å². The first-order valence-electron chi connectivity index (χ1n) is 8.65. The zero-order valence-corrected chi connectivity index (χ0v) is 15.0. The van der Waals surface area contributed by atoms with Crippen molar-refractivity contribution in [1.82, 2.24) is 9.97 Å². The van der Waals surface area contributed by atoms with Crippen LogP contribution in [-0.4, -0.2) is 9.97 Å². The third-order valence-electron chi connectivity index (χ3n) is 4.44. The van der Waals surface area contributed by atoms with E-state index in [1.165, 1.54) is 11.1 Å². The lowest BCUT2D eigenvalue weighted by atomic mass is 10.0. The predicted octanol–water partition coefficient (Wildman–Crippen LogP) is 1.07. The molecule has 0 saturated carbocycles. The average Bonchev–Trinajstić information content (AvgIpc) is 3.32. The molecule has 4 nitrogen and oxygen atoms in total. The van der Waals surface area contributed by atoms with Crippen LogP contribution in [0.4, 0.5) is 0 Å². The number of hydrogen-bond acceptors (Lipinski definition) is 0. The van der Waals surface area contributed by atoms with Crippen LogP contribution in [0.25, 0.3) is 11.6 Å². The molecule has 0 spiro atoms. The number of nitrogens with one attached hydrogen (secondary N) is 2. The lowest BCUT2D eigenvalue weighted by molar-refractivity contribution is -0.671. The molecule has 4 heteroatoms. The molecule has 128 valence electrons. The number of aryl methyl sites for hydroxylation is 2. The molecule has 4 rings (SSSR count). The normalized spacial score (nSPS) is 13.1. The van der Waals surface area contributed by atoms with Crippen LogP contribution in [0.3, 0.4) is 0 Å². The summed E-state index contributed by atoms with van der Waals surface area (Å²) in [5, 5.41) is 2.17.